The molecule has 1 aromatic rings. The zero-order chi connectivity index (χ0) is 12.5. The van der Waals surface area contributed by atoms with Crippen molar-refractivity contribution in [2.75, 3.05) is 6.61 Å². The summed E-state index contributed by atoms with van der Waals surface area (Å²) in [5.74, 6) is 0.611. The summed E-state index contributed by atoms with van der Waals surface area (Å²) in [4.78, 5) is 0.0801. The number of hydrogen-bond acceptors (Lipinski definition) is 4. The van der Waals surface area contributed by atoms with Crippen LogP contribution in [-0.2, 0) is 10.0 Å². The smallest absolute Gasteiger partial charge is 0.283 e. The summed E-state index contributed by atoms with van der Waals surface area (Å²) in [5, 5.41) is 0. The van der Waals surface area contributed by atoms with Crippen molar-refractivity contribution in [1.29, 1.82) is 0 Å². The third kappa shape index (κ3) is 2.65. The van der Waals surface area contributed by atoms with E-state index in [0.717, 1.165) is 5.56 Å². The number of ether oxygens (including phenoxy) is 1. The summed E-state index contributed by atoms with van der Waals surface area (Å²) in [6, 6.07) is 7.36. The number of benzene rings is 1. The Labute approximate surface area is 99.7 Å². The minimum absolute atomic E-state index is 0.00663. The first-order valence-corrected chi connectivity index (χ1v) is 6.42. The second-order valence-electron chi connectivity index (χ2n) is 3.71. The van der Waals surface area contributed by atoms with Crippen molar-refractivity contribution in [2.24, 2.45) is 10.1 Å². The Morgan fingerprint density at radius 2 is 2.18 bits per heavy atom. The number of amidine groups is 1. The third-order valence-electron chi connectivity index (χ3n) is 2.24. The average Bonchev–Trinajstić information content (AvgIpc) is 2.48. The monoisotopic (exact) mass is 252 g/mol. The molecule has 0 bridgehead atoms. The Balaban J connectivity index is 2.08. The number of nitrogens with two attached hydrogens (primary N) is 1. The highest BCUT2D eigenvalue weighted by atomic mass is 32.2. The van der Waals surface area contributed by atoms with Gasteiger partial charge in [0.2, 0.25) is 0 Å². The van der Waals surface area contributed by atoms with Gasteiger partial charge in [-0.05, 0) is 24.6 Å². The number of hydrogen-bond donors (Lipinski definition) is 1. The van der Waals surface area contributed by atoms with Crippen LogP contribution in [0, 0.1) is 6.92 Å². The Bertz CT molecular complexity index is 603. The van der Waals surface area contributed by atoms with Gasteiger partial charge in [0.15, 0.2) is 0 Å². The van der Waals surface area contributed by atoms with Crippen LogP contribution in [0.3, 0.4) is 0 Å². The molecule has 0 fully saturated rings. The first kappa shape index (κ1) is 11.7. The molecule has 2 N–H and O–H groups in total. The summed E-state index contributed by atoms with van der Waals surface area (Å²) in [5.41, 5.74) is 6.38. The molecule has 6 heteroatoms. The van der Waals surface area contributed by atoms with Gasteiger partial charge in [0.05, 0.1) is 0 Å². The van der Waals surface area contributed by atoms with E-state index in [1.165, 1.54) is 6.08 Å². The number of sulfonamides is 1. The van der Waals surface area contributed by atoms with Gasteiger partial charge in [-0.25, -0.2) is 0 Å². The van der Waals surface area contributed by atoms with Crippen LogP contribution in [0.5, 0.6) is 5.75 Å². The molecule has 0 radical (unpaired) electrons. The standard InChI is InChI=1S/C11H12N2O3S/c1-8-3-2-4-9(5-8)16-7-10-6-11(12)13-17(10,14)15/h2-6H,7H2,1H3,(H2,12,13). The number of rotatable bonds is 3. The molecule has 1 aliphatic rings. The van der Waals surface area contributed by atoms with Crippen molar-refractivity contribution in [2.45, 2.75) is 6.92 Å². The van der Waals surface area contributed by atoms with Crippen LogP contribution in [0.15, 0.2) is 39.6 Å². The maximum absolute atomic E-state index is 11.4. The molecule has 2 rings (SSSR count). The largest absolute Gasteiger partial charge is 0.488 e. The van der Waals surface area contributed by atoms with Gasteiger partial charge in [0.1, 0.15) is 23.1 Å². The SMILES string of the molecule is Cc1cccc(OCC2=CC(N)=NS2(=O)=O)c1. The van der Waals surface area contributed by atoms with Gasteiger partial charge in [0, 0.05) is 6.08 Å². The Hall–Kier alpha value is -1.82. The van der Waals surface area contributed by atoms with E-state index < -0.39 is 10.0 Å². The normalized spacial score (nSPS) is 17.5. The summed E-state index contributed by atoms with van der Waals surface area (Å²) in [6.07, 6.45) is 1.31. The van der Waals surface area contributed by atoms with E-state index >= 15 is 0 Å². The molecular formula is C11H12N2O3S. The highest BCUT2D eigenvalue weighted by Gasteiger charge is 2.23. The fourth-order valence-corrected chi connectivity index (χ4v) is 2.36. The van der Waals surface area contributed by atoms with Gasteiger partial charge in [-0.2, -0.15) is 8.42 Å². The molecule has 1 aliphatic heterocycles. The number of aryl methyl sites for hydroxylation is 1. The summed E-state index contributed by atoms with van der Waals surface area (Å²) < 4.78 is 31.6. The van der Waals surface area contributed by atoms with E-state index in [1.807, 2.05) is 25.1 Å². The first-order chi connectivity index (χ1) is 7.97. The summed E-state index contributed by atoms with van der Waals surface area (Å²) in [6.45, 7) is 1.87. The maximum atomic E-state index is 11.4. The minimum atomic E-state index is -3.62. The molecule has 0 atom stereocenters. The van der Waals surface area contributed by atoms with E-state index in [1.54, 1.807) is 6.07 Å². The van der Waals surface area contributed by atoms with Crippen LogP contribution < -0.4 is 10.5 Å². The number of nitrogens with zero attached hydrogens (tertiary/aromatic N) is 1. The molecule has 0 saturated carbocycles. The average molecular weight is 252 g/mol. The highest BCUT2D eigenvalue weighted by Crippen LogP contribution is 2.18. The molecule has 0 unspecified atom stereocenters. The lowest BCUT2D eigenvalue weighted by molar-refractivity contribution is 0.358. The molecule has 90 valence electrons. The van der Waals surface area contributed by atoms with Gasteiger partial charge >= 0.3 is 0 Å². The Morgan fingerprint density at radius 1 is 1.41 bits per heavy atom. The van der Waals surface area contributed by atoms with Crippen LogP contribution in [0.2, 0.25) is 0 Å². The van der Waals surface area contributed by atoms with Crippen molar-refractivity contribution in [3.05, 3.63) is 40.8 Å². The molecule has 0 aliphatic carbocycles. The molecule has 5 nitrogen and oxygen atoms in total. The lowest BCUT2D eigenvalue weighted by Gasteiger charge is -2.06. The maximum Gasteiger partial charge on any atom is 0.283 e. The van der Waals surface area contributed by atoms with Gasteiger partial charge < -0.3 is 10.5 Å². The van der Waals surface area contributed by atoms with E-state index in [-0.39, 0.29) is 17.3 Å². The minimum Gasteiger partial charge on any atom is -0.488 e. The third-order valence-corrected chi connectivity index (χ3v) is 3.59. The van der Waals surface area contributed by atoms with Crippen molar-refractivity contribution in [3.63, 3.8) is 0 Å². The van der Waals surface area contributed by atoms with Crippen molar-refractivity contribution >= 4 is 15.9 Å². The topological polar surface area (TPSA) is 81.8 Å². The van der Waals surface area contributed by atoms with E-state index in [4.69, 9.17) is 10.5 Å². The van der Waals surface area contributed by atoms with Gasteiger partial charge in [-0.15, -0.1) is 4.40 Å². The van der Waals surface area contributed by atoms with Crippen molar-refractivity contribution in [1.82, 2.24) is 0 Å². The zero-order valence-corrected chi connectivity index (χ0v) is 10.1. The van der Waals surface area contributed by atoms with Crippen molar-refractivity contribution < 1.29 is 13.2 Å². The molecule has 0 amide bonds. The first-order valence-electron chi connectivity index (χ1n) is 4.98. The lowest BCUT2D eigenvalue weighted by atomic mass is 10.2. The van der Waals surface area contributed by atoms with E-state index in [0.29, 0.717) is 5.75 Å². The van der Waals surface area contributed by atoms with Crippen LogP contribution >= 0.6 is 0 Å². The second-order valence-corrected chi connectivity index (χ2v) is 5.36. The summed E-state index contributed by atoms with van der Waals surface area (Å²) in [7, 11) is -3.62. The zero-order valence-electron chi connectivity index (χ0n) is 9.25. The van der Waals surface area contributed by atoms with Gasteiger partial charge in [-0.3, -0.25) is 0 Å². The molecular weight excluding hydrogens is 240 g/mol. The molecule has 1 aromatic carbocycles. The predicted octanol–water partition coefficient (Wildman–Crippen LogP) is 0.958. The lowest BCUT2D eigenvalue weighted by Crippen LogP contribution is -2.07. The predicted molar refractivity (Wildman–Crippen MR) is 65.3 cm³/mol. The molecule has 0 aromatic heterocycles. The molecule has 1 heterocycles. The molecule has 17 heavy (non-hydrogen) atoms. The molecule has 0 saturated heterocycles. The summed E-state index contributed by atoms with van der Waals surface area (Å²) >= 11 is 0. The molecule has 0 spiro atoms. The van der Waals surface area contributed by atoms with Crippen LogP contribution in [0.25, 0.3) is 0 Å². The quantitative estimate of drug-likeness (QED) is 0.868. The van der Waals surface area contributed by atoms with E-state index in [2.05, 4.69) is 4.40 Å². The Morgan fingerprint density at radius 3 is 2.76 bits per heavy atom. The van der Waals surface area contributed by atoms with Crippen LogP contribution in [-0.4, -0.2) is 20.9 Å². The second kappa shape index (κ2) is 4.21. The van der Waals surface area contributed by atoms with Crippen molar-refractivity contribution in [3.8, 4) is 5.75 Å². The highest BCUT2D eigenvalue weighted by molar-refractivity contribution is 7.94. The fraction of sp³-hybridized carbons (Fsp3) is 0.182. The Kier molecular flexibility index (Phi) is 2.89. The van der Waals surface area contributed by atoms with Crippen LogP contribution in [0.4, 0.5) is 0 Å². The fourth-order valence-electron chi connectivity index (χ4n) is 1.44. The van der Waals surface area contributed by atoms with E-state index in [9.17, 15) is 8.42 Å². The van der Waals surface area contributed by atoms with Gasteiger partial charge in [0.25, 0.3) is 10.0 Å². The van der Waals surface area contributed by atoms with Crippen LogP contribution in [0.1, 0.15) is 5.56 Å². The van der Waals surface area contributed by atoms with Gasteiger partial charge in [-0.1, -0.05) is 12.1 Å².